The fraction of sp³-hybridized carbons (Fsp3) is 0.583. The van der Waals surface area contributed by atoms with E-state index in [4.69, 9.17) is 0 Å². The zero-order valence-electron chi connectivity index (χ0n) is 17.4. The van der Waals surface area contributed by atoms with Crippen LogP contribution in [0.3, 0.4) is 0 Å². The molecule has 0 N–H and O–H groups in total. The molecule has 4 rings (SSSR count). The standard InChI is InChI=1S/2C12H18P.Fe/c2*1-3-10-9-11(4-2)13(10)12-7-5-6-8-12;/h2*5-8,10-11H,3-4,9H2,1-2H3;/q2*-1;+2. The Morgan fingerprint density at radius 1 is 0.704 bits per heavy atom. The molecule has 2 heterocycles. The summed E-state index contributed by atoms with van der Waals surface area (Å²) in [4.78, 5) is 0. The molecular weight excluding hydrogens is 406 g/mol. The monoisotopic (exact) mass is 442 g/mol. The van der Waals surface area contributed by atoms with E-state index in [1.165, 1.54) is 38.5 Å². The topological polar surface area (TPSA) is 0 Å². The number of hydrogen-bond donors (Lipinski definition) is 0. The molecule has 2 aromatic rings. The molecule has 2 fully saturated rings. The average Bonchev–Trinajstić information content (AvgIpc) is 3.30. The first-order valence-corrected chi connectivity index (χ1v) is 13.7. The largest absolute Gasteiger partial charge is 2.00 e. The molecule has 2 aliphatic heterocycles. The van der Waals surface area contributed by atoms with Crippen molar-refractivity contribution in [2.24, 2.45) is 0 Å². The quantitative estimate of drug-likeness (QED) is 0.258. The van der Waals surface area contributed by atoms with Crippen LogP contribution in [0.5, 0.6) is 0 Å². The molecule has 4 unspecified atom stereocenters. The minimum Gasteiger partial charge on any atom is -0.213 e. The summed E-state index contributed by atoms with van der Waals surface area (Å²) in [6.45, 7) is 9.37. The first-order valence-electron chi connectivity index (χ1n) is 10.7. The van der Waals surface area contributed by atoms with Gasteiger partial charge in [0.15, 0.2) is 0 Å². The molecule has 2 aliphatic rings. The van der Waals surface area contributed by atoms with Crippen molar-refractivity contribution in [3.8, 4) is 0 Å². The zero-order chi connectivity index (χ0) is 18.5. The van der Waals surface area contributed by atoms with Crippen molar-refractivity contribution in [1.82, 2.24) is 0 Å². The van der Waals surface area contributed by atoms with E-state index in [0.29, 0.717) is 0 Å². The Labute approximate surface area is 180 Å². The van der Waals surface area contributed by atoms with Crippen LogP contribution >= 0.6 is 15.8 Å². The zero-order valence-corrected chi connectivity index (χ0v) is 20.3. The van der Waals surface area contributed by atoms with Crippen LogP contribution in [0.4, 0.5) is 0 Å². The Morgan fingerprint density at radius 2 is 1.04 bits per heavy atom. The maximum Gasteiger partial charge on any atom is 2.00 e. The summed E-state index contributed by atoms with van der Waals surface area (Å²) in [5.74, 6) is 0. The van der Waals surface area contributed by atoms with Crippen LogP contribution in [0, 0.1) is 0 Å². The predicted molar refractivity (Wildman–Crippen MR) is 123 cm³/mol. The van der Waals surface area contributed by atoms with E-state index >= 15 is 0 Å². The molecule has 0 spiro atoms. The molecule has 0 bridgehead atoms. The van der Waals surface area contributed by atoms with Crippen molar-refractivity contribution in [2.75, 3.05) is 0 Å². The molecular formula is C24H36FeP2. The Balaban J connectivity index is 0.000000187. The molecule has 0 radical (unpaired) electrons. The van der Waals surface area contributed by atoms with Gasteiger partial charge in [-0.2, -0.15) is 24.3 Å². The first kappa shape index (κ1) is 23.4. The predicted octanol–water partition coefficient (Wildman–Crippen LogP) is 6.94. The summed E-state index contributed by atoms with van der Waals surface area (Å²) >= 11 is 0. The second-order valence-electron chi connectivity index (χ2n) is 7.82. The minimum absolute atomic E-state index is 0. The van der Waals surface area contributed by atoms with Crippen LogP contribution in [0.2, 0.25) is 0 Å². The molecule has 27 heavy (non-hydrogen) atoms. The van der Waals surface area contributed by atoms with Gasteiger partial charge in [-0.1, -0.05) is 43.5 Å². The van der Waals surface area contributed by atoms with E-state index in [-0.39, 0.29) is 32.9 Å². The Morgan fingerprint density at radius 3 is 1.26 bits per heavy atom. The third-order valence-electron chi connectivity index (χ3n) is 6.43. The van der Waals surface area contributed by atoms with Gasteiger partial charge >= 0.3 is 17.1 Å². The molecule has 0 amide bonds. The van der Waals surface area contributed by atoms with Gasteiger partial charge in [0.1, 0.15) is 0 Å². The first-order chi connectivity index (χ1) is 12.7. The van der Waals surface area contributed by atoms with Crippen LogP contribution in [-0.4, -0.2) is 22.6 Å². The molecule has 0 aliphatic carbocycles. The van der Waals surface area contributed by atoms with E-state index in [0.717, 1.165) is 22.6 Å². The maximum absolute atomic E-state index is 2.34. The number of hydrogen-bond acceptors (Lipinski definition) is 0. The van der Waals surface area contributed by atoms with Crippen LogP contribution < -0.4 is 10.6 Å². The fourth-order valence-electron chi connectivity index (χ4n) is 4.77. The molecule has 0 nitrogen and oxygen atoms in total. The van der Waals surface area contributed by atoms with Crippen molar-refractivity contribution in [1.29, 1.82) is 0 Å². The van der Waals surface area contributed by atoms with E-state index in [1.54, 1.807) is 10.6 Å². The van der Waals surface area contributed by atoms with Crippen LogP contribution in [0.15, 0.2) is 48.5 Å². The third-order valence-corrected chi connectivity index (χ3v) is 13.7. The molecule has 150 valence electrons. The van der Waals surface area contributed by atoms with Gasteiger partial charge in [-0.25, -0.2) is 24.3 Å². The molecule has 2 saturated heterocycles. The van der Waals surface area contributed by atoms with Gasteiger partial charge in [0.25, 0.3) is 0 Å². The van der Waals surface area contributed by atoms with Crippen LogP contribution in [0.25, 0.3) is 0 Å². The van der Waals surface area contributed by atoms with Gasteiger partial charge in [-0.15, -0.1) is 10.6 Å². The Kier molecular flexibility index (Phi) is 9.79. The van der Waals surface area contributed by atoms with Crippen molar-refractivity contribution in [2.45, 2.75) is 88.9 Å². The molecule has 0 saturated carbocycles. The second kappa shape index (κ2) is 11.3. The van der Waals surface area contributed by atoms with Crippen molar-refractivity contribution in [3.63, 3.8) is 0 Å². The van der Waals surface area contributed by atoms with Gasteiger partial charge in [-0.05, 0) is 61.2 Å². The fourth-order valence-corrected chi connectivity index (χ4v) is 11.4. The van der Waals surface area contributed by atoms with E-state index in [9.17, 15) is 0 Å². The summed E-state index contributed by atoms with van der Waals surface area (Å²) < 4.78 is 0. The van der Waals surface area contributed by atoms with Gasteiger partial charge in [-0.3, -0.25) is 0 Å². The van der Waals surface area contributed by atoms with Crippen molar-refractivity contribution >= 4 is 26.5 Å². The smallest absolute Gasteiger partial charge is 0.213 e. The summed E-state index contributed by atoms with van der Waals surface area (Å²) in [6.07, 6.45) is 8.51. The SMILES string of the molecule is CCC1CC(CC)P1c1ccc[cH-]1.CCC1CC(CC)P1c1ccc[cH-]1.[Fe+2]. The van der Waals surface area contributed by atoms with Crippen LogP contribution in [0.1, 0.15) is 66.2 Å². The maximum atomic E-state index is 2.34. The van der Waals surface area contributed by atoms with Gasteiger partial charge in [0.2, 0.25) is 0 Å². The summed E-state index contributed by atoms with van der Waals surface area (Å²) in [7, 11) is 0.434. The van der Waals surface area contributed by atoms with Crippen molar-refractivity contribution in [3.05, 3.63) is 48.5 Å². The molecule has 2 aromatic carbocycles. The van der Waals surface area contributed by atoms with Gasteiger partial charge < -0.3 is 0 Å². The summed E-state index contributed by atoms with van der Waals surface area (Å²) in [5.41, 5.74) is 4.12. The van der Waals surface area contributed by atoms with E-state index < -0.39 is 0 Å². The van der Waals surface area contributed by atoms with E-state index in [1.807, 2.05) is 0 Å². The second-order valence-corrected chi connectivity index (χ2v) is 13.4. The van der Waals surface area contributed by atoms with Crippen LogP contribution in [-0.2, 0) is 17.1 Å². The average molecular weight is 442 g/mol. The normalized spacial score (nSPS) is 31.7. The van der Waals surface area contributed by atoms with Gasteiger partial charge in [0, 0.05) is 0 Å². The van der Waals surface area contributed by atoms with Gasteiger partial charge in [0.05, 0.1) is 0 Å². The Bertz CT molecular complexity index is 543. The Hall–Kier alpha value is 0.0795. The molecule has 3 heteroatoms. The summed E-state index contributed by atoms with van der Waals surface area (Å²) in [6, 6.07) is 18.1. The third kappa shape index (κ3) is 5.17. The van der Waals surface area contributed by atoms with E-state index in [2.05, 4.69) is 76.2 Å². The number of rotatable bonds is 6. The molecule has 0 aromatic heterocycles. The van der Waals surface area contributed by atoms with Crippen molar-refractivity contribution < 1.29 is 17.1 Å². The minimum atomic E-state index is 0. The summed E-state index contributed by atoms with van der Waals surface area (Å²) in [5, 5.41) is 3.31. The molecule has 4 atom stereocenters.